The number of sulfonamides is 1. The number of anilines is 1. The number of carbonyl (C=O) groups excluding carboxylic acids is 6. The molecule has 2 unspecified atom stereocenters. The summed E-state index contributed by atoms with van der Waals surface area (Å²) in [4.78, 5) is 151. The number of fused-ring (bicyclic) bond motifs is 1. The number of carbonyl (C=O) groups is 8. The van der Waals surface area contributed by atoms with Crippen LogP contribution in [0.1, 0.15) is 73.0 Å². The Morgan fingerprint density at radius 1 is 0.731 bits per heavy atom. The number of carboxylic acids is 2. The van der Waals surface area contributed by atoms with Gasteiger partial charge in [0.25, 0.3) is 5.56 Å². The van der Waals surface area contributed by atoms with Gasteiger partial charge in [0.15, 0.2) is 12.5 Å². The van der Waals surface area contributed by atoms with Crippen molar-refractivity contribution in [3.05, 3.63) is 69.5 Å². The maximum atomic E-state index is 13.6. The fourth-order valence-corrected chi connectivity index (χ4v) is 12.8. The molecular weight excluding hydrogens is 1310 g/mol. The van der Waals surface area contributed by atoms with Crippen molar-refractivity contribution >= 4 is 89.5 Å². The second kappa shape index (κ2) is 33.3. The number of ether oxygens (including phenoxy) is 3. The maximum absolute atomic E-state index is 13.6. The van der Waals surface area contributed by atoms with Crippen LogP contribution in [0.15, 0.2) is 63.1 Å². The maximum Gasteiger partial charge on any atom is 0.483 e. The van der Waals surface area contributed by atoms with Crippen LogP contribution in [0.3, 0.4) is 0 Å². The van der Waals surface area contributed by atoms with E-state index in [9.17, 15) is 106 Å². The number of nitrogens with zero attached hydrogens (tertiary/aromatic N) is 2. The predicted molar refractivity (Wildman–Crippen MR) is 317 cm³/mol. The molecular formula is C52H76N10O28P2S. The molecule has 0 aliphatic carbocycles. The minimum absolute atomic E-state index is 0.0114. The highest BCUT2D eigenvalue weighted by atomic mass is 32.2. The van der Waals surface area contributed by atoms with E-state index in [1.165, 1.54) is 19.9 Å². The van der Waals surface area contributed by atoms with Crippen molar-refractivity contribution in [2.45, 2.75) is 163 Å². The van der Waals surface area contributed by atoms with Crippen LogP contribution in [-0.4, -0.2) is 225 Å². The van der Waals surface area contributed by atoms with Gasteiger partial charge in [-0.25, -0.2) is 31.9 Å². The standard InChI is InChI=1S/C52H76N10O28P2S/c1-24(44(70)56-26(3)49(74)75)55-47(73)31(14-8-9-20-53-93(83,84)36-16-11-12-29-30(36)13-10-15-33(29)61(6)7)58-37(65)18-17-32(50(76)77)59-45(71)25(2)54-46(72)27(4)86-43-39(57-28(5)64)51(88-34(22-63)41(43)68)89-92(81,82)90-91(79,80)85-23-35-40(67)42(69)48(87-35)62-21-19-38(66)60-52(62)78/h10-13,15-16,19,21,24-27,31-32,34-35,39-43,48,51,53,63,67-69H,8-9,14,17-18,20,22-23H2,1-7H3,(H,54,72)(H,55,73)(H,56,70)(H,57,64)(H,58,65)(H,59,71)(H,74,75)(H,76,77)(H,79,80)(H,81,82)(H,60,66,78)/t24-,25-,26-,27+,31-,32+,34+,35+,39+,40+,41+,42+,43+,48+,51+/m0/s1. The molecule has 93 heavy (non-hydrogen) atoms. The van der Waals surface area contributed by atoms with Gasteiger partial charge in [0.1, 0.15) is 79.0 Å². The number of aliphatic hydroxyl groups excluding tert-OH is 4. The fraction of sp³-hybridized carbons (Fsp3) is 0.577. The summed E-state index contributed by atoms with van der Waals surface area (Å²) in [6.45, 7) is 3.02. The number of phosphoric acid groups is 2. The van der Waals surface area contributed by atoms with Crippen LogP contribution in [0.4, 0.5) is 5.69 Å². The van der Waals surface area contributed by atoms with Gasteiger partial charge in [-0.1, -0.05) is 24.3 Å². The molecule has 2 saturated heterocycles. The minimum atomic E-state index is -5.98. The topological polar surface area (TPSA) is 564 Å². The number of hydrogen-bond donors (Lipinski definition) is 16. The Labute approximate surface area is 529 Å². The SMILES string of the molecule is CC(=O)N[C@H]1[C@@H](OP(=O)(O)OP(=O)(O)OC[C@H]2O[C@@H](n3ccc(=O)[nH]c3=O)[C@H](O)[C@@H]2O)O[C@H](CO)[C@@H](O)[C@@H]1O[C@H](C)C(=O)N[C@@H](C)C(=O)N[C@H](CCC(=O)N[C@@H](CCCCNS(=O)(=O)c1cccc2c(N(C)C)cccc12)C(=O)N[C@@H](C)C(=O)N[C@@H](C)C(=O)O)C(=O)O. The van der Waals surface area contributed by atoms with Crippen molar-refractivity contribution in [3.63, 3.8) is 0 Å². The lowest BCUT2D eigenvalue weighted by Gasteiger charge is -2.44. The molecule has 2 aliphatic rings. The van der Waals surface area contributed by atoms with Crippen LogP contribution in [0.5, 0.6) is 0 Å². The van der Waals surface area contributed by atoms with Gasteiger partial charge in [-0.15, -0.1) is 0 Å². The van der Waals surface area contributed by atoms with E-state index in [-0.39, 0.29) is 30.7 Å². The van der Waals surface area contributed by atoms with Crippen LogP contribution in [0, 0.1) is 0 Å². The zero-order valence-electron chi connectivity index (χ0n) is 50.9. The van der Waals surface area contributed by atoms with E-state index >= 15 is 0 Å². The third kappa shape index (κ3) is 21.4. The number of unbranched alkanes of at least 4 members (excludes halogenated alkanes) is 1. The monoisotopic (exact) mass is 1380 g/mol. The Bertz CT molecular complexity index is 3540. The number of benzene rings is 2. The third-order valence-corrected chi connectivity index (χ3v) is 18.4. The molecule has 3 aromatic rings. The zero-order valence-corrected chi connectivity index (χ0v) is 53.5. The van der Waals surface area contributed by atoms with Crippen LogP contribution in [-0.2, 0) is 85.1 Å². The Morgan fingerprint density at radius 2 is 1.35 bits per heavy atom. The summed E-state index contributed by atoms with van der Waals surface area (Å²) in [5, 5.41) is 76.2. The highest BCUT2D eigenvalue weighted by Crippen LogP contribution is 2.61. The van der Waals surface area contributed by atoms with E-state index in [1.807, 2.05) is 30.0 Å². The first kappa shape index (κ1) is 76.5. The third-order valence-electron chi connectivity index (χ3n) is 14.3. The summed E-state index contributed by atoms with van der Waals surface area (Å²) in [6.07, 6.45) is -17.6. The fourth-order valence-electron chi connectivity index (χ4n) is 9.39. The molecule has 38 nitrogen and oxygen atoms in total. The van der Waals surface area contributed by atoms with E-state index < -0.39 is 202 Å². The molecule has 2 aliphatic heterocycles. The molecule has 17 atom stereocenters. The van der Waals surface area contributed by atoms with Gasteiger partial charge < -0.3 is 91.4 Å². The Kier molecular flexibility index (Phi) is 27.4. The molecule has 518 valence electrons. The number of aromatic amines is 1. The van der Waals surface area contributed by atoms with E-state index in [1.54, 1.807) is 24.3 Å². The van der Waals surface area contributed by atoms with E-state index in [0.717, 1.165) is 38.7 Å². The Morgan fingerprint density at radius 3 is 1.97 bits per heavy atom. The van der Waals surface area contributed by atoms with E-state index in [4.69, 9.17) is 23.3 Å². The second-order valence-electron chi connectivity index (χ2n) is 21.7. The summed E-state index contributed by atoms with van der Waals surface area (Å²) < 4.78 is 86.9. The van der Waals surface area contributed by atoms with Gasteiger partial charge in [-0.3, -0.25) is 57.0 Å². The lowest BCUT2D eigenvalue weighted by molar-refractivity contribution is -0.261. The number of H-pyrrole nitrogens is 1. The van der Waals surface area contributed by atoms with Crippen LogP contribution >= 0.6 is 15.6 Å². The van der Waals surface area contributed by atoms with Crippen LogP contribution in [0.25, 0.3) is 10.8 Å². The van der Waals surface area contributed by atoms with Gasteiger partial charge in [0.2, 0.25) is 45.5 Å². The number of amides is 6. The number of rotatable bonds is 34. The number of aliphatic carboxylic acids is 2. The number of carboxylic acid groups (broad SMARTS) is 2. The average Bonchev–Trinajstić information content (AvgIpc) is 1.45. The first-order valence-electron chi connectivity index (χ1n) is 28.4. The lowest BCUT2D eigenvalue weighted by atomic mass is 9.96. The first-order valence-corrected chi connectivity index (χ1v) is 32.9. The van der Waals surface area contributed by atoms with Gasteiger partial charge in [0.05, 0.1) is 18.1 Å². The highest BCUT2D eigenvalue weighted by molar-refractivity contribution is 7.89. The van der Waals surface area contributed by atoms with Crippen molar-refractivity contribution in [1.29, 1.82) is 0 Å². The zero-order chi connectivity index (χ0) is 69.6. The van der Waals surface area contributed by atoms with Crippen molar-refractivity contribution in [2.24, 2.45) is 0 Å². The summed E-state index contributed by atoms with van der Waals surface area (Å²) in [7, 11) is -12.2. The predicted octanol–water partition coefficient (Wildman–Crippen LogP) is -4.44. The van der Waals surface area contributed by atoms with Gasteiger partial charge in [-0.05, 0) is 65.5 Å². The minimum Gasteiger partial charge on any atom is -0.480 e. The van der Waals surface area contributed by atoms with E-state index in [2.05, 4.69) is 40.9 Å². The molecule has 3 heterocycles. The van der Waals surface area contributed by atoms with Gasteiger partial charge >= 0.3 is 33.3 Å². The van der Waals surface area contributed by atoms with Crippen LogP contribution < -0.4 is 52.8 Å². The lowest BCUT2D eigenvalue weighted by Crippen LogP contribution is -2.66. The molecule has 16 N–H and O–H groups in total. The molecule has 2 fully saturated rings. The summed E-state index contributed by atoms with van der Waals surface area (Å²) in [5.74, 6) is -9.12. The van der Waals surface area contributed by atoms with Gasteiger partial charge in [0, 0.05) is 62.7 Å². The van der Waals surface area contributed by atoms with Crippen LogP contribution in [0.2, 0.25) is 0 Å². The summed E-state index contributed by atoms with van der Waals surface area (Å²) >= 11 is 0. The highest BCUT2D eigenvalue weighted by Gasteiger charge is 2.52. The number of nitrogens with one attached hydrogen (secondary N) is 8. The van der Waals surface area contributed by atoms with Crippen molar-refractivity contribution in [1.82, 2.24) is 46.2 Å². The Balaban J connectivity index is 1.18. The average molecular weight is 1380 g/mol. The van der Waals surface area contributed by atoms with Crippen molar-refractivity contribution < 1.29 is 124 Å². The largest absolute Gasteiger partial charge is 0.483 e. The number of aliphatic hydroxyl groups is 4. The molecule has 0 radical (unpaired) electrons. The second-order valence-corrected chi connectivity index (χ2v) is 26.4. The van der Waals surface area contributed by atoms with Crippen molar-refractivity contribution in [3.8, 4) is 0 Å². The van der Waals surface area contributed by atoms with Crippen molar-refractivity contribution in [2.75, 3.05) is 38.8 Å². The molecule has 6 amide bonds. The number of hydrogen-bond acceptors (Lipinski definition) is 25. The normalized spacial score (nSPS) is 23.9. The molecule has 0 spiro atoms. The Hall–Kier alpha value is -7.17. The molecule has 2 aromatic carbocycles. The first-order chi connectivity index (χ1) is 43.4. The molecule has 0 saturated carbocycles. The number of aromatic nitrogens is 2. The quantitative estimate of drug-likeness (QED) is 0.0198. The smallest absolute Gasteiger partial charge is 0.480 e. The summed E-state index contributed by atoms with van der Waals surface area (Å²) in [6, 6.07) is 1.35. The molecule has 41 heteroatoms. The van der Waals surface area contributed by atoms with Gasteiger partial charge in [-0.2, -0.15) is 4.31 Å². The van der Waals surface area contributed by atoms with E-state index in [0.29, 0.717) is 15.3 Å². The molecule has 5 rings (SSSR count). The molecule has 0 bridgehead atoms. The molecule has 1 aromatic heterocycles. The summed E-state index contributed by atoms with van der Waals surface area (Å²) in [5.41, 5.74) is -1.12. The number of phosphoric ester groups is 2.